The number of hydrogen-bond donors (Lipinski definition) is 1. The average molecular weight is 179 g/mol. The van der Waals surface area contributed by atoms with Gasteiger partial charge in [-0.3, -0.25) is 4.79 Å². The highest BCUT2D eigenvalue weighted by atomic mass is 16.1. The number of amides is 1. The normalized spacial score (nSPS) is 41.3. The predicted octanol–water partition coefficient (Wildman–Crippen LogP) is 1.71. The lowest BCUT2D eigenvalue weighted by molar-refractivity contribution is -0.124. The second kappa shape index (κ2) is 3.17. The van der Waals surface area contributed by atoms with Crippen LogP contribution in [0.25, 0.3) is 0 Å². The Labute approximate surface area is 79.2 Å². The maximum absolute atomic E-state index is 11.3. The molecule has 1 fully saturated rings. The highest BCUT2D eigenvalue weighted by Gasteiger charge is 2.46. The van der Waals surface area contributed by atoms with E-state index in [1.807, 2.05) is 0 Å². The zero-order valence-electron chi connectivity index (χ0n) is 8.07. The van der Waals surface area contributed by atoms with Crippen molar-refractivity contribution in [1.29, 1.82) is 0 Å². The SMILES string of the molecule is CCCC1C2C=CC(C2)C1C(N)=O. The lowest BCUT2D eigenvalue weighted by Gasteiger charge is -2.24. The van der Waals surface area contributed by atoms with Crippen molar-refractivity contribution in [2.45, 2.75) is 26.2 Å². The van der Waals surface area contributed by atoms with Crippen molar-refractivity contribution in [1.82, 2.24) is 0 Å². The number of primary amides is 1. The zero-order chi connectivity index (χ0) is 9.42. The first kappa shape index (κ1) is 8.79. The number of fused-ring (bicyclic) bond motifs is 2. The molecule has 0 aromatic carbocycles. The minimum absolute atomic E-state index is 0.0877. The van der Waals surface area contributed by atoms with Crippen LogP contribution in [-0.2, 0) is 4.79 Å². The summed E-state index contributed by atoms with van der Waals surface area (Å²) in [6.07, 6.45) is 7.94. The average Bonchev–Trinajstić information content (AvgIpc) is 2.63. The van der Waals surface area contributed by atoms with Gasteiger partial charge in [0.15, 0.2) is 0 Å². The second-order valence-electron chi connectivity index (χ2n) is 4.33. The van der Waals surface area contributed by atoms with Crippen molar-refractivity contribution in [2.75, 3.05) is 0 Å². The molecule has 0 saturated heterocycles. The standard InChI is InChI=1S/C11H17NO/c1-2-3-9-7-4-5-8(6-7)10(9)11(12)13/h4-5,7-10H,2-3,6H2,1H3,(H2,12,13). The molecule has 0 spiro atoms. The van der Waals surface area contributed by atoms with Crippen molar-refractivity contribution in [3.05, 3.63) is 12.2 Å². The van der Waals surface area contributed by atoms with Crippen LogP contribution < -0.4 is 5.73 Å². The van der Waals surface area contributed by atoms with Gasteiger partial charge in [-0.1, -0.05) is 25.5 Å². The fourth-order valence-electron chi connectivity index (χ4n) is 3.07. The third kappa shape index (κ3) is 1.28. The maximum Gasteiger partial charge on any atom is 0.221 e. The van der Waals surface area contributed by atoms with Crippen molar-refractivity contribution < 1.29 is 4.79 Å². The number of hydrogen-bond acceptors (Lipinski definition) is 1. The number of carbonyl (C=O) groups excluding carboxylic acids is 1. The summed E-state index contributed by atoms with van der Waals surface area (Å²) in [6.45, 7) is 2.17. The maximum atomic E-state index is 11.3. The van der Waals surface area contributed by atoms with Crippen molar-refractivity contribution in [3.63, 3.8) is 0 Å². The number of rotatable bonds is 3. The first-order valence-electron chi connectivity index (χ1n) is 5.21. The van der Waals surface area contributed by atoms with E-state index in [9.17, 15) is 4.79 Å². The van der Waals surface area contributed by atoms with Gasteiger partial charge in [-0.05, 0) is 30.6 Å². The monoisotopic (exact) mass is 179 g/mol. The number of carbonyl (C=O) groups is 1. The zero-order valence-corrected chi connectivity index (χ0v) is 8.07. The Balaban J connectivity index is 2.15. The Hall–Kier alpha value is -0.790. The molecular weight excluding hydrogens is 162 g/mol. The Morgan fingerprint density at radius 1 is 1.46 bits per heavy atom. The molecule has 0 aromatic rings. The molecule has 2 nitrogen and oxygen atoms in total. The molecular formula is C11H17NO. The van der Waals surface area contributed by atoms with E-state index in [0.29, 0.717) is 17.8 Å². The molecule has 2 heteroatoms. The summed E-state index contributed by atoms with van der Waals surface area (Å²) in [5, 5.41) is 0. The van der Waals surface area contributed by atoms with Crippen LogP contribution in [0.4, 0.5) is 0 Å². The van der Waals surface area contributed by atoms with Gasteiger partial charge in [0, 0.05) is 5.92 Å². The van der Waals surface area contributed by atoms with E-state index in [-0.39, 0.29) is 11.8 Å². The van der Waals surface area contributed by atoms with Gasteiger partial charge in [-0.25, -0.2) is 0 Å². The molecule has 2 rings (SSSR count). The summed E-state index contributed by atoms with van der Waals surface area (Å²) in [4.78, 5) is 11.3. The van der Waals surface area contributed by atoms with E-state index in [1.165, 1.54) is 0 Å². The van der Waals surface area contributed by atoms with Gasteiger partial charge in [-0.15, -0.1) is 0 Å². The molecule has 2 bridgehead atoms. The third-order valence-electron chi connectivity index (χ3n) is 3.57. The topological polar surface area (TPSA) is 43.1 Å². The van der Waals surface area contributed by atoms with Crippen molar-refractivity contribution in [2.24, 2.45) is 29.4 Å². The van der Waals surface area contributed by atoms with Gasteiger partial charge < -0.3 is 5.73 Å². The van der Waals surface area contributed by atoms with Crippen LogP contribution in [0.3, 0.4) is 0 Å². The third-order valence-corrected chi connectivity index (χ3v) is 3.57. The molecule has 2 N–H and O–H groups in total. The van der Waals surface area contributed by atoms with Crippen molar-refractivity contribution >= 4 is 5.91 Å². The summed E-state index contributed by atoms with van der Waals surface area (Å²) in [7, 11) is 0. The van der Waals surface area contributed by atoms with E-state index >= 15 is 0 Å². The van der Waals surface area contributed by atoms with Gasteiger partial charge in [0.05, 0.1) is 0 Å². The van der Waals surface area contributed by atoms with E-state index in [1.54, 1.807) is 0 Å². The van der Waals surface area contributed by atoms with Crippen LogP contribution in [0.5, 0.6) is 0 Å². The van der Waals surface area contributed by atoms with Crippen molar-refractivity contribution in [3.8, 4) is 0 Å². The van der Waals surface area contributed by atoms with Crippen LogP contribution in [0, 0.1) is 23.7 Å². The smallest absolute Gasteiger partial charge is 0.221 e. The van der Waals surface area contributed by atoms with Crippen LogP contribution in [-0.4, -0.2) is 5.91 Å². The van der Waals surface area contributed by atoms with Crippen LogP contribution >= 0.6 is 0 Å². The molecule has 4 unspecified atom stereocenters. The van der Waals surface area contributed by atoms with Gasteiger partial charge >= 0.3 is 0 Å². The molecule has 0 radical (unpaired) electrons. The highest BCUT2D eigenvalue weighted by Crippen LogP contribution is 2.49. The van der Waals surface area contributed by atoms with Gasteiger partial charge in [0.25, 0.3) is 0 Å². The van der Waals surface area contributed by atoms with Gasteiger partial charge in [0.1, 0.15) is 0 Å². The Bertz CT molecular complexity index is 246. The predicted molar refractivity (Wildman–Crippen MR) is 51.8 cm³/mol. The van der Waals surface area contributed by atoms with E-state index in [4.69, 9.17) is 5.73 Å². The molecule has 0 aromatic heterocycles. The number of allylic oxidation sites excluding steroid dienone is 2. The first-order valence-corrected chi connectivity index (χ1v) is 5.21. The molecule has 13 heavy (non-hydrogen) atoms. The van der Waals surface area contributed by atoms with Crippen LogP contribution in [0.15, 0.2) is 12.2 Å². The lowest BCUT2D eigenvalue weighted by Crippen LogP contribution is -2.32. The molecule has 4 atom stereocenters. The highest BCUT2D eigenvalue weighted by molar-refractivity contribution is 5.78. The second-order valence-corrected chi connectivity index (χ2v) is 4.33. The van der Waals surface area contributed by atoms with E-state index < -0.39 is 0 Å². The van der Waals surface area contributed by atoms with Gasteiger partial charge in [0.2, 0.25) is 5.91 Å². The van der Waals surface area contributed by atoms with Gasteiger partial charge in [-0.2, -0.15) is 0 Å². The summed E-state index contributed by atoms with van der Waals surface area (Å²) in [6, 6.07) is 0. The summed E-state index contributed by atoms with van der Waals surface area (Å²) in [5.41, 5.74) is 5.43. The molecule has 0 heterocycles. The minimum atomic E-state index is -0.0877. The Morgan fingerprint density at radius 2 is 2.15 bits per heavy atom. The molecule has 1 saturated carbocycles. The Morgan fingerprint density at radius 3 is 2.77 bits per heavy atom. The molecule has 1 amide bonds. The lowest BCUT2D eigenvalue weighted by atomic mass is 9.80. The van der Waals surface area contributed by atoms with Crippen LogP contribution in [0.1, 0.15) is 26.2 Å². The number of nitrogens with two attached hydrogens (primary N) is 1. The molecule has 2 aliphatic carbocycles. The van der Waals surface area contributed by atoms with E-state index in [0.717, 1.165) is 19.3 Å². The first-order chi connectivity index (χ1) is 6.24. The molecule has 2 aliphatic rings. The summed E-state index contributed by atoms with van der Waals surface area (Å²) >= 11 is 0. The quantitative estimate of drug-likeness (QED) is 0.658. The molecule has 0 aliphatic heterocycles. The largest absolute Gasteiger partial charge is 0.369 e. The van der Waals surface area contributed by atoms with E-state index in [2.05, 4.69) is 19.1 Å². The fraction of sp³-hybridized carbons (Fsp3) is 0.727. The van der Waals surface area contributed by atoms with Crippen LogP contribution in [0.2, 0.25) is 0 Å². The summed E-state index contributed by atoms with van der Waals surface area (Å²) in [5.74, 6) is 1.68. The fourth-order valence-corrected chi connectivity index (χ4v) is 3.07. The Kier molecular flexibility index (Phi) is 2.14. The minimum Gasteiger partial charge on any atom is -0.369 e. The molecule has 72 valence electrons. The summed E-state index contributed by atoms with van der Waals surface area (Å²) < 4.78 is 0.